The molecule has 0 spiro atoms. The molecule has 3 N–H and O–H groups in total. The van der Waals surface area contributed by atoms with Crippen LogP contribution in [0.25, 0.3) is 0 Å². The Hall–Kier alpha value is -0.920. The average molecular weight is 276 g/mol. The van der Waals surface area contributed by atoms with E-state index in [0.29, 0.717) is 16.7 Å². The van der Waals surface area contributed by atoms with Crippen LogP contribution < -0.4 is 16.8 Å². The van der Waals surface area contributed by atoms with Gasteiger partial charge in [0.25, 0.3) is 5.56 Å². The van der Waals surface area contributed by atoms with Gasteiger partial charge in [-0.2, -0.15) is 5.10 Å². The minimum absolute atomic E-state index is 0.188. The molecule has 0 aliphatic heterocycles. The fraction of sp³-hybridized carbons (Fsp3) is 0.500. The number of aromatic nitrogens is 2. The van der Waals surface area contributed by atoms with E-state index in [4.69, 9.17) is 5.84 Å². The number of likely N-dealkylation sites (N-methyl/N-ethyl adjacent to an activating group) is 1. The summed E-state index contributed by atoms with van der Waals surface area (Å²) in [7, 11) is 3.88. The van der Waals surface area contributed by atoms with E-state index in [1.165, 1.54) is 10.9 Å². The summed E-state index contributed by atoms with van der Waals surface area (Å²) >= 11 is 3.17. The number of hydrogen-bond acceptors (Lipinski definition) is 5. The standard InChI is InChI=1S/C8H14BrN5O/c1-13(2)3-4-14-8(15)7(9)6(12-10)5-11-14/h5,12H,3-4,10H2,1-2H3. The van der Waals surface area contributed by atoms with E-state index >= 15 is 0 Å². The summed E-state index contributed by atoms with van der Waals surface area (Å²) in [6.07, 6.45) is 1.52. The maximum absolute atomic E-state index is 11.7. The Kier molecular flexibility index (Phi) is 4.25. The number of hydrogen-bond donors (Lipinski definition) is 2. The number of rotatable bonds is 4. The van der Waals surface area contributed by atoms with Gasteiger partial charge in [0.1, 0.15) is 4.47 Å². The van der Waals surface area contributed by atoms with E-state index in [9.17, 15) is 4.79 Å². The van der Waals surface area contributed by atoms with Crippen molar-refractivity contribution in [3.8, 4) is 0 Å². The van der Waals surface area contributed by atoms with Crippen LogP contribution in [0.5, 0.6) is 0 Å². The van der Waals surface area contributed by atoms with Crippen LogP contribution in [0.3, 0.4) is 0 Å². The van der Waals surface area contributed by atoms with Crippen LogP contribution in [0.15, 0.2) is 15.5 Å². The van der Waals surface area contributed by atoms with Gasteiger partial charge in [0.05, 0.1) is 18.4 Å². The van der Waals surface area contributed by atoms with Crippen molar-refractivity contribution < 1.29 is 0 Å². The van der Waals surface area contributed by atoms with E-state index in [1.807, 2.05) is 19.0 Å². The van der Waals surface area contributed by atoms with Crippen molar-refractivity contribution in [1.82, 2.24) is 14.7 Å². The van der Waals surface area contributed by atoms with Gasteiger partial charge >= 0.3 is 0 Å². The first-order valence-corrected chi connectivity index (χ1v) is 5.22. The van der Waals surface area contributed by atoms with E-state index < -0.39 is 0 Å². The second-order valence-corrected chi connectivity index (χ2v) is 4.14. The number of anilines is 1. The highest BCUT2D eigenvalue weighted by Gasteiger charge is 2.07. The summed E-state index contributed by atoms with van der Waals surface area (Å²) in [6.45, 7) is 1.31. The first-order valence-electron chi connectivity index (χ1n) is 4.43. The molecule has 0 saturated heterocycles. The normalized spacial score (nSPS) is 10.7. The number of hydrazine groups is 1. The van der Waals surface area contributed by atoms with E-state index in [1.54, 1.807) is 0 Å². The van der Waals surface area contributed by atoms with Gasteiger partial charge in [0, 0.05) is 6.54 Å². The lowest BCUT2D eigenvalue weighted by molar-refractivity contribution is 0.367. The predicted molar refractivity (Wildman–Crippen MR) is 62.6 cm³/mol. The van der Waals surface area contributed by atoms with Crippen LogP contribution >= 0.6 is 15.9 Å². The van der Waals surface area contributed by atoms with Crippen molar-refractivity contribution in [2.75, 3.05) is 26.1 Å². The first kappa shape index (κ1) is 12.2. The Bertz CT molecular complexity index is 389. The maximum Gasteiger partial charge on any atom is 0.283 e. The van der Waals surface area contributed by atoms with Crippen molar-refractivity contribution in [3.05, 3.63) is 21.0 Å². The number of halogens is 1. The predicted octanol–water partition coefficient (Wildman–Crippen LogP) is -0.147. The zero-order chi connectivity index (χ0) is 11.4. The molecule has 0 aromatic carbocycles. The molecule has 0 bridgehead atoms. The van der Waals surface area contributed by atoms with Gasteiger partial charge in [-0.15, -0.1) is 0 Å². The molecule has 84 valence electrons. The molecule has 0 amide bonds. The van der Waals surface area contributed by atoms with Gasteiger partial charge in [-0.25, -0.2) is 4.68 Å². The van der Waals surface area contributed by atoms with Gasteiger partial charge in [0.15, 0.2) is 0 Å². The van der Waals surface area contributed by atoms with E-state index in [0.717, 1.165) is 6.54 Å². The highest BCUT2D eigenvalue weighted by Crippen LogP contribution is 2.13. The van der Waals surface area contributed by atoms with Crippen molar-refractivity contribution in [2.24, 2.45) is 5.84 Å². The van der Waals surface area contributed by atoms with Crippen LogP contribution in [-0.2, 0) is 6.54 Å². The lowest BCUT2D eigenvalue weighted by Gasteiger charge is -2.11. The summed E-state index contributed by atoms with van der Waals surface area (Å²) in [4.78, 5) is 13.7. The monoisotopic (exact) mass is 275 g/mol. The molecule has 0 unspecified atom stereocenters. The highest BCUT2D eigenvalue weighted by molar-refractivity contribution is 9.10. The molecule has 15 heavy (non-hydrogen) atoms. The van der Waals surface area contributed by atoms with Crippen LogP contribution in [0, 0.1) is 0 Å². The molecule has 0 radical (unpaired) electrons. The van der Waals surface area contributed by atoms with Crippen LogP contribution in [0.1, 0.15) is 0 Å². The van der Waals surface area contributed by atoms with Crippen molar-refractivity contribution in [1.29, 1.82) is 0 Å². The van der Waals surface area contributed by atoms with E-state index in [2.05, 4.69) is 26.5 Å². The lowest BCUT2D eigenvalue weighted by Crippen LogP contribution is -2.29. The topological polar surface area (TPSA) is 76.2 Å². The summed E-state index contributed by atoms with van der Waals surface area (Å²) < 4.78 is 1.80. The average Bonchev–Trinajstić information content (AvgIpc) is 2.20. The van der Waals surface area contributed by atoms with Gasteiger partial charge in [0.2, 0.25) is 0 Å². The minimum atomic E-state index is -0.188. The fourth-order valence-electron chi connectivity index (χ4n) is 1.02. The number of nitrogens with zero attached hydrogens (tertiary/aromatic N) is 3. The maximum atomic E-state index is 11.7. The molecule has 7 heteroatoms. The molecule has 1 rings (SSSR count). The summed E-state index contributed by atoms with van der Waals surface area (Å²) in [5, 5.41) is 3.99. The van der Waals surface area contributed by atoms with Gasteiger partial charge < -0.3 is 10.3 Å². The Morgan fingerprint density at radius 3 is 2.87 bits per heavy atom. The third kappa shape index (κ3) is 3.01. The quantitative estimate of drug-likeness (QED) is 0.591. The van der Waals surface area contributed by atoms with Crippen molar-refractivity contribution >= 4 is 21.6 Å². The molecule has 0 aliphatic carbocycles. The van der Waals surface area contributed by atoms with Crippen molar-refractivity contribution in [2.45, 2.75) is 6.54 Å². The van der Waals surface area contributed by atoms with Crippen LogP contribution in [0.2, 0.25) is 0 Å². The Morgan fingerprint density at radius 1 is 1.67 bits per heavy atom. The number of nitrogen functional groups attached to an aromatic ring is 1. The highest BCUT2D eigenvalue weighted by atomic mass is 79.9. The molecule has 1 aromatic heterocycles. The van der Waals surface area contributed by atoms with Gasteiger partial charge in [-0.05, 0) is 30.0 Å². The molecule has 0 aliphatic rings. The van der Waals surface area contributed by atoms with Crippen LogP contribution in [0.4, 0.5) is 5.69 Å². The summed E-state index contributed by atoms with van der Waals surface area (Å²) in [6, 6.07) is 0. The molecular formula is C8H14BrN5O. The first-order chi connectivity index (χ1) is 7.06. The smallest absolute Gasteiger partial charge is 0.283 e. The SMILES string of the molecule is CN(C)CCn1ncc(NN)c(Br)c1=O. The second kappa shape index (κ2) is 5.24. The fourth-order valence-corrected chi connectivity index (χ4v) is 1.44. The van der Waals surface area contributed by atoms with E-state index in [-0.39, 0.29) is 5.56 Å². The molecule has 0 fully saturated rings. The third-order valence-corrected chi connectivity index (χ3v) is 2.67. The lowest BCUT2D eigenvalue weighted by atomic mass is 10.4. The Morgan fingerprint density at radius 2 is 2.33 bits per heavy atom. The summed E-state index contributed by atoms with van der Waals surface area (Å²) in [5.74, 6) is 5.22. The molecule has 1 aromatic rings. The zero-order valence-electron chi connectivity index (χ0n) is 8.70. The Balaban J connectivity index is 2.92. The van der Waals surface area contributed by atoms with Gasteiger partial charge in [-0.3, -0.25) is 10.6 Å². The molecule has 0 atom stereocenters. The van der Waals surface area contributed by atoms with Gasteiger partial charge in [-0.1, -0.05) is 0 Å². The number of nitrogens with one attached hydrogen (secondary N) is 1. The number of nitrogens with two attached hydrogens (primary N) is 1. The molecular weight excluding hydrogens is 262 g/mol. The third-order valence-electron chi connectivity index (χ3n) is 1.90. The largest absolute Gasteiger partial charge is 0.321 e. The van der Waals surface area contributed by atoms with Crippen molar-refractivity contribution in [3.63, 3.8) is 0 Å². The molecule has 1 heterocycles. The second-order valence-electron chi connectivity index (χ2n) is 3.35. The Labute approximate surface area is 96.2 Å². The summed E-state index contributed by atoms with van der Waals surface area (Å²) in [5.41, 5.74) is 2.69. The van der Waals surface area contributed by atoms with Crippen LogP contribution in [-0.4, -0.2) is 35.3 Å². The molecule has 0 saturated carbocycles. The molecule has 6 nitrogen and oxygen atoms in total. The minimum Gasteiger partial charge on any atom is -0.321 e. The zero-order valence-corrected chi connectivity index (χ0v) is 10.3.